The Morgan fingerprint density at radius 2 is 1.92 bits per heavy atom. The van der Waals surface area contributed by atoms with Gasteiger partial charge in [-0.15, -0.1) is 0 Å². The smallest absolute Gasteiger partial charge is 0.226 e. The molecule has 3 rings (SSSR count). The lowest BCUT2D eigenvalue weighted by molar-refractivity contribution is -0.119. The largest absolute Gasteiger partial charge is 0.326 e. The molecule has 2 aromatic carbocycles. The Bertz CT molecular complexity index is 746. The third-order valence-electron chi connectivity index (χ3n) is 4.40. The predicted molar refractivity (Wildman–Crippen MR) is 99.3 cm³/mol. The first-order valence-electron chi connectivity index (χ1n) is 8.64. The van der Waals surface area contributed by atoms with Crippen LogP contribution in [0.3, 0.4) is 0 Å². The molecule has 1 atom stereocenters. The number of piperidine rings is 1. The minimum absolute atomic E-state index is 0.140. The average molecular weight is 337 g/mol. The van der Waals surface area contributed by atoms with E-state index in [1.165, 1.54) is 0 Å². The number of benzene rings is 2. The third kappa shape index (κ3) is 4.45. The van der Waals surface area contributed by atoms with E-state index < -0.39 is 0 Å². The number of hydrogen-bond donors (Lipinski definition) is 2. The summed E-state index contributed by atoms with van der Waals surface area (Å²) in [5.41, 5.74) is 8.55. The number of nitrogens with two attached hydrogens (primary N) is 1. The second-order valence-corrected chi connectivity index (χ2v) is 6.32. The molecule has 0 aliphatic carbocycles. The van der Waals surface area contributed by atoms with Crippen molar-refractivity contribution in [2.24, 2.45) is 5.73 Å². The fourth-order valence-corrected chi connectivity index (χ4v) is 3.06. The van der Waals surface area contributed by atoms with Gasteiger partial charge in [-0.25, -0.2) is 0 Å². The van der Waals surface area contributed by atoms with Gasteiger partial charge in [0, 0.05) is 36.8 Å². The summed E-state index contributed by atoms with van der Waals surface area (Å²) in [6, 6.07) is 16.6. The first-order valence-corrected chi connectivity index (χ1v) is 8.64. The molecule has 0 saturated carbocycles. The van der Waals surface area contributed by atoms with Gasteiger partial charge in [0.1, 0.15) is 0 Å². The Morgan fingerprint density at radius 1 is 1.12 bits per heavy atom. The van der Waals surface area contributed by atoms with Crippen LogP contribution in [0, 0.1) is 0 Å². The van der Waals surface area contributed by atoms with E-state index in [9.17, 15) is 9.59 Å². The molecule has 25 heavy (non-hydrogen) atoms. The zero-order valence-corrected chi connectivity index (χ0v) is 14.2. The average Bonchev–Trinajstić information content (AvgIpc) is 2.63. The quantitative estimate of drug-likeness (QED) is 0.879. The van der Waals surface area contributed by atoms with Crippen molar-refractivity contribution in [2.75, 3.05) is 16.8 Å². The Kier molecular flexibility index (Phi) is 5.46. The molecule has 1 unspecified atom stereocenters. The van der Waals surface area contributed by atoms with E-state index in [-0.39, 0.29) is 24.3 Å². The Hall–Kier alpha value is -2.66. The second kappa shape index (κ2) is 7.94. The summed E-state index contributed by atoms with van der Waals surface area (Å²) in [5.74, 6) is -0.000648. The molecule has 2 amide bonds. The van der Waals surface area contributed by atoms with Crippen molar-refractivity contribution in [2.45, 2.75) is 31.7 Å². The molecular formula is C20H23N3O2. The summed E-state index contributed by atoms with van der Waals surface area (Å²) in [6.07, 6.45) is 2.75. The molecular weight excluding hydrogens is 314 g/mol. The number of hydrogen-bond acceptors (Lipinski definition) is 3. The van der Waals surface area contributed by atoms with E-state index in [1.807, 2.05) is 54.6 Å². The molecule has 1 fully saturated rings. The summed E-state index contributed by atoms with van der Waals surface area (Å²) < 4.78 is 0. The van der Waals surface area contributed by atoms with Gasteiger partial charge in [-0.05, 0) is 36.6 Å². The van der Waals surface area contributed by atoms with Crippen molar-refractivity contribution in [3.05, 3.63) is 60.2 Å². The van der Waals surface area contributed by atoms with Crippen molar-refractivity contribution in [3.8, 4) is 0 Å². The fraction of sp³-hybridized carbons (Fsp3) is 0.300. The highest BCUT2D eigenvalue weighted by molar-refractivity contribution is 5.96. The van der Waals surface area contributed by atoms with Crippen molar-refractivity contribution < 1.29 is 9.59 Å². The number of carbonyl (C=O) groups is 2. The van der Waals surface area contributed by atoms with Crippen LogP contribution in [0.25, 0.3) is 0 Å². The fourth-order valence-electron chi connectivity index (χ4n) is 3.06. The predicted octanol–water partition coefficient (Wildman–Crippen LogP) is 3.23. The van der Waals surface area contributed by atoms with Gasteiger partial charge in [0.25, 0.3) is 0 Å². The molecule has 3 N–H and O–H groups in total. The highest BCUT2D eigenvalue weighted by Gasteiger charge is 2.20. The van der Waals surface area contributed by atoms with E-state index in [2.05, 4.69) is 5.32 Å². The van der Waals surface area contributed by atoms with Gasteiger partial charge >= 0.3 is 0 Å². The number of anilines is 2. The zero-order valence-electron chi connectivity index (χ0n) is 14.2. The van der Waals surface area contributed by atoms with Crippen LogP contribution in [0.2, 0.25) is 0 Å². The maximum atomic E-state index is 12.3. The molecule has 0 aromatic heterocycles. The minimum Gasteiger partial charge on any atom is -0.326 e. The van der Waals surface area contributed by atoms with Crippen LogP contribution < -0.4 is 16.0 Å². The number of carbonyl (C=O) groups excluding carboxylic acids is 2. The molecule has 0 radical (unpaired) electrons. The van der Waals surface area contributed by atoms with Crippen LogP contribution in [0.4, 0.5) is 11.4 Å². The van der Waals surface area contributed by atoms with Crippen molar-refractivity contribution in [3.63, 3.8) is 0 Å². The van der Waals surface area contributed by atoms with Crippen LogP contribution in [0.15, 0.2) is 54.6 Å². The molecule has 5 heteroatoms. The van der Waals surface area contributed by atoms with E-state index in [4.69, 9.17) is 5.73 Å². The summed E-state index contributed by atoms with van der Waals surface area (Å²) in [7, 11) is 0. The van der Waals surface area contributed by atoms with Crippen LogP contribution in [-0.2, 0) is 9.59 Å². The van der Waals surface area contributed by atoms with Crippen LogP contribution >= 0.6 is 0 Å². The van der Waals surface area contributed by atoms with Crippen LogP contribution in [-0.4, -0.2) is 18.4 Å². The second-order valence-electron chi connectivity index (χ2n) is 6.32. The normalized spacial score (nSPS) is 15.7. The number of nitrogens with zero attached hydrogens (tertiary/aromatic N) is 1. The maximum Gasteiger partial charge on any atom is 0.226 e. The van der Waals surface area contributed by atoms with Crippen LogP contribution in [0.1, 0.15) is 37.3 Å². The first-order chi connectivity index (χ1) is 12.1. The molecule has 1 aliphatic rings. The van der Waals surface area contributed by atoms with Gasteiger partial charge in [-0.2, -0.15) is 0 Å². The van der Waals surface area contributed by atoms with Gasteiger partial charge in [0.05, 0.1) is 0 Å². The Balaban J connectivity index is 1.63. The highest BCUT2D eigenvalue weighted by Crippen LogP contribution is 2.24. The van der Waals surface area contributed by atoms with Crippen LogP contribution in [0.5, 0.6) is 0 Å². The Morgan fingerprint density at radius 3 is 2.68 bits per heavy atom. The SMILES string of the molecule is NC(CC(=O)Nc1cccc(N2CCCCC2=O)c1)c1ccccc1. The van der Waals surface area contributed by atoms with Gasteiger partial charge in [-0.3, -0.25) is 9.59 Å². The third-order valence-corrected chi connectivity index (χ3v) is 4.40. The topological polar surface area (TPSA) is 75.4 Å². The summed E-state index contributed by atoms with van der Waals surface area (Å²) >= 11 is 0. The monoisotopic (exact) mass is 337 g/mol. The molecule has 1 aliphatic heterocycles. The minimum atomic E-state index is -0.340. The van der Waals surface area contributed by atoms with Crippen molar-refractivity contribution in [1.82, 2.24) is 0 Å². The molecule has 1 saturated heterocycles. The van der Waals surface area contributed by atoms with Crippen molar-refractivity contribution >= 4 is 23.2 Å². The molecule has 130 valence electrons. The summed E-state index contributed by atoms with van der Waals surface area (Å²) in [4.78, 5) is 26.1. The molecule has 5 nitrogen and oxygen atoms in total. The van der Waals surface area contributed by atoms with E-state index in [0.29, 0.717) is 12.1 Å². The van der Waals surface area contributed by atoms with Gasteiger partial charge < -0.3 is 16.0 Å². The summed E-state index contributed by atoms with van der Waals surface area (Å²) in [5, 5.41) is 2.88. The van der Waals surface area contributed by atoms with Crippen molar-refractivity contribution in [1.29, 1.82) is 0 Å². The summed E-state index contributed by atoms with van der Waals surface area (Å²) in [6.45, 7) is 0.731. The van der Waals surface area contributed by atoms with Gasteiger partial charge in [-0.1, -0.05) is 36.4 Å². The molecule has 2 aromatic rings. The van der Waals surface area contributed by atoms with Gasteiger partial charge in [0.2, 0.25) is 11.8 Å². The first kappa shape index (κ1) is 17.2. The van der Waals surface area contributed by atoms with Gasteiger partial charge in [0.15, 0.2) is 0 Å². The molecule has 0 spiro atoms. The number of nitrogens with one attached hydrogen (secondary N) is 1. The maximum absolute atomic E-state index is 12.3. The molecule has 0 bridgehead atoms. The van der Waals surface area contributed by atoms with E-state index >= 15 is 0 Å². The molecule has 1 heterocycles. The van der Waals surface area contributed by atoms with E-state index in [1.54, 1.807) is 4.90 Å². The number of rotatable bonds is 5. The highest BCUT2D eigenvalue weighted by atomic mass is 16.2. The lowest BCUT2D eigenvalue weighted by Crippen LogP contribution is -2.35. The van der Waals surface area contributed by atoms with E-state index in [0.717, 1.165) is 30.6 Å². The zero-order chi connectivity index (χ0) is 17.6. The standard InChI is InChI=1S/C20H23N3O2/c21-18(15-7-2-1-3-8-15)14-19(24)22-16-9-6-10-17(13-16)23-12-5-4-11-20(23)25/h1-3,6-10,13,18H,4-5,11-12,14,21H2,(H,22,24). The lowest BCUT2D eigenvalue weighted by atomic mass is 10.0. The number of amides is 2. The Labute approximate surface area is 147 Å². The lowest BCUT2D eigenvalue weighted by Gasteiger charge is -2.27.